The van der Waals surface area contributed by atoms with E-state index in [4.69, 9.17) is 9.15 Å². The first kappa shape index (κ1) is 19.9. The van der Waals surface area contributed by atoms with Crippen molar-refractivity contribution < 1.29 is 28.3 Å². The molecule has 3 rings (SSSR count). The molecule has 2 aromatic rings. The minimum atomic E-state index is -0.630. The van der Waals surface area contributed by atoms with E-state index in [9.17, 15) is 14.4 Å². The number of halogens is 1. The lowest BCUT2D eigenvalue weighted by molar-refractivity contribution is -0.123. The van der Waals surface area contributed by atoms with Gasteiger partial charge in [-0.2, -0.15) is 0 Å². The van der Waals surface area contributed by atoms with Crippen LogP contribution in [0.25, 0.3) is 6.08 Å². The lowest BCUT2D eigenvalue weighted by atomic mass is 10.2. The third-order valence-electron chi connectivity index (χ3n) is 3.89. The zero-order chi connectivity index (χ0) is 20.3. The van der Waals surface area contributed by atoms with Crippen LogP contribution in [0.15, 0.2) is 40.4 Å². The van der Waals surface area contributed by atoms with Crippen molar-refractivity contribution in [2.75, 3.05) is 13.7 Å². The average molecular weight is 496 g/mol. The van der Waals surface area contributed by atoms with Gasteiger partial charge in [0.1, 0.15) is 17.2 Å². The summed E-state index contributed by atoms with van der Waals surface area (Å²) in [7, 11) is 1.24. The predicted octanol–water partition coefficient (Wildman–Crippen LogP) is 3.16. The summed E-state index contributed by atoms with van der Waals surface area (Å²) in [5.41, 5.74) is 0.911. The Morgan fingerprint density at radius 1 is 1.29 bits per heavy atom. The molecule has 1 aliphatic rings. The third kappa shape index (κ3) is 4.19. The lowest BCUT2D eigenvalue weighted by Gasteiger charge is -2.09. The van der Waals surface area contributed by atoms with Gasteiger partial charge in [0.2, 0.25) is 5.76 Å². The SMILES string of the molecule is CCOc1ccc(C=C2NC(=O)N(Cc3ccc(C(=O)OC)o3)C2=O)cc1I. The molecule has 3 amide bonds. The fourth-order valence-electron chi connectivity index (χ4n) is 2.59. The Balaban J connectivity index is 1.76. The summed E-state index contributed by atoms with van der Waals surface area (Å²) in [6.45, 7) is 2.37. The van der Waals surface area contributed by atoms with Crippen molar-refractivity contribution in [1.82, 2.24) is 10.2 Å². The number of hydrogen-bond donors (Lipinski definition) is 1. The molecule has 1 N–H and O–H groups in total. The first-order valence-electron chi connectivity index (χ1n) is 8.36. The number of amides is 3. The van der Waals surface area contributed by atoms with Crippen LogP contribution in [0.3, 0.4) is 0 Å². The maximum atomic E-state index is 12.6. The van der Waals surface area contributed by atoms with E-state index in [1.165, 1.54) is 19.2 Å². The number of imide groups is 1. The molecule has 2 heterocycles. The molecule has 8 nitrogen and oxygen atoms in total. The van der Waals surface area contributed by atoms with Crippen LogP contribution >= 0.6 is 22.6 Å². The van der Waals surface area contributed by atoms with E-state index in [1.807, 2.05) is 19.1 Å². The summed E-state index contributed by atoms with van der Waals surface area (Å²) in [5.74, 6) is -0.0583. The maximum Gasteiger partial charge on any atom is 0.373 e. The second kappa shape index (κ2) is 8.46. The van der Waals surface area contributed by atoms with Crippen LogP contribution in [0, 0.1) is 3.57 Å². The highest BCUT2D eigenvalue weighted by molar-refractivity contribution is 14.1. The Morgan fingerprint density at radius 3 is 2.75 bits per heavy atom. The number of carbonyl (C=O) groups excluding carboxylic acids is 3. The number of urea groups is 1. The van der Waals surface area contributed by atoms with Crippen molar-refractivity contribution in [3.63, 3.8) is 0 Å². The highest BCUT2D eigenvalue weighted by Crippen LogP contribution is 2.24. The summed E-state index contributed by atoms with van der Waals surface area (Å²) in [6, 6.07) is 7.86. The van der Waals surface area contributed by atoms with Crippen molar-refractivity contribution in [2.24, 2.45) is 0 Å². The predicted molar refractivity (Wildman–Crippen MR) is 107 cm³/mol. The molecule has 1 aliphatic heterocycles. The van der Waals surface area contributed by atoms with Crippen LogP contribution in [0.2, 0.25) is 0 Å². The number of esters is 1. The normalized spacial score (nSPS) is 15.1. The molecular weight excluding hydrogens is 479 g/mol. The number of nitrogens with zero attached hydrogens (tertiary/aromatic N) is 1. The quantitative estimate of drug-likeness (QED) is 0.286. The van der Waals surface area contributed by atoms with E-state index >= 15 is 0 Å². The van der Waals surface area contributed by atoms with Crippen molar-refractivity contribution in [1.29, 1.82) is 0 Å². The Morgan fingerprint density at radius 2 is 2.07 bits per heavy atom. The van der Waals surface area contributed by atoms with Crippen LogP contribution in [-0.2, 0) is 16.1 Å². The monoisotopic (exact) mass is 496 g/mol. The van der Waals surface area contributed by atoms with Crippen LogP contribution in [0.4, 0.5) is 4.79 Å². The molecular formula is C19H17IN2O6. The number of rotatable bonds is 6. The van der Waals surface area contributed by atoms with Gasteiger partial charge >= 0.3 is 12.0 Å². The lowest BCUT2D eigenvalue weighted by Crippen LogP contribution is -2.30. The fraction of sp³-hybridized carbons (Fsp3) is 0.211. The van der Waals surface area contributed by atoms with Gasteiger partial charge in [0.25, 0.3) is 5.91 Å². The van der Waals surface area contributed by atoms with Crippen molar-refractivity contribution in [3.05, 3.63) is 56.7 Å². The molecule has 0 aliphatic carbocycles. The standard InChI is InChI=1S/C19H17IN2O6/c1-3-27-15-6-4-11(8-13(15)20)9-14-17(23)22(19(25)21-14)10-12-5-7-16(28-12)18(24)26-2/h4-9H,3,10H2,1-2H3,(H,21,25). The molecule has 28 heavy (non-hydrogen) atoms. The number of furan rings is 1. The Bertz CT molecular complexity index is 965. The van der Waals surface area contributed by atoms with E-state index in [0.717, 1.165) is 19.8 Å². The van der Waals surface area contributed by atoms with E-state index in [1.54, 1.807) is 12.1 Å². The molecule has 146 valence electrons. The minimum Gasteiger partial charge on any atom is -0.493 e. The number of ether oxygens (including phenoxy) is 2. The largest absolute Gasteiger partial charge is 0.493 e. The Hall–Kier alpha value is -2.82. The molecule has 9 heteroatoms. The van der Waals surface area contributed by atoms with Gasteiger partial charge in [-0.3, -0.25) is 9.69 Å². The number of nitrogens with one attached hydrogen (secondary N) is 1. The third-order valence-corrected chi connectivity index (χ3v) is 4.73. The van der Waals surface area contributed by atoms with Crippen molar-refractivity contribution in [2.45, 2.75) is 13.5 Å². The minimum absolute atomic E-state index is 0.00397. The smallest absolute Gasteiger partial charge is 0.373 e. The van der Waals surface area contributed by atoms with Crippen molar-refractivity contribution in [3.8, 4) is 5.75 Å². The van der Waals surface area contributed by atoms with Gasteiger partial charge < -0.3 is 19.2 Å². The van der Waals surface area contributed by atoms with Gasteiger partial charge in [-0.15, -0.1) is 0 Å². The molecule has 1 aromatic heterocycles. The maximum absolute atomic E-state index is 12.6. The van der Waals surface area contributed by atoms with E-state index in [-0.39, 0.29) is 18.0 Å². The summed E-state index contributed by atoms with van der Waals surface area (Å²) in [6.07, 6.45) is 1.60. The highest BCUT2D eigenvalue weighted by Gasteiger charge is 2.34. The molecule has 0 unspecified atom stereocenters. The van der Waals surface area contributed by atoms with Crippen LogP contribution in [0.1, 0.15) is 28.8 Å². The number of benzene rings is 1. The second-order valence-corrected chi connectivity index (χ2v) is 6.92. The van der Waals surface area contributed by atoms with Crippen LogP contribution in [-0.4, -0.2) is 36.5 Å². The molecule has 0 bridgehead atoms. The topological polar surface area (TPSA) is 98.1 Å². The average Bonchev–Trinajstić information content (AvgIpc) is 3.24. The van der Waals surface area contributed by atoms with Gasteiger partial charge in [0.15, 0.2) is 0 Å². The first-order valence-corrected chi connectivity index (χ1v) is 9.44. The van der Waals surface area contributed by atoms with Gasteiger partial charge in [-0.25, -0.2) is 9.59 Å². The van der Waals surface area contributed by atoms with Gasteiger partial charge in [0.05, 0.1) is 23.8 Å². The molecule has 0 spiro atoms. The summed E-state index contributed by atoms with van der Waals surface area (Å²) in [5, 5.41) is 2.55. The molecule has 1 fully saturated rings. The van der Waals surface area contributed by atoms with Gasteiger partial charge in [-0.1, -0.05) is 6.07 Å². The molecule has 1 saturated heterocycles. The van der Waals surface area contributed by atoms with Crippen LogP contribution < -0.4 is 10.1 Å². The zero-order valence-corrected chi connectivity index (χ0v) is 17.3. The van der Waals surface area contributed by atoms with Crippen LogP contribution in [0.5, 0.6) is 5.75 Å². The first-order chi connectivity index (χ1) is 13.4. The van der Waals surface area contributed by atoms with Crippen molar-refractivity contribution >= 4 is 46.6 Å². The summed E-state index contributed by atoms with van der Waals surface area (Å²) in [4.78, 5) is 37.2. The molecule has 0 saturated carbocycles. The fourth-order valence-corrected chi connectivity index (χ4v) is 3.29. The molecule has 0 radical (unpaired) electrons. The number of methoxy groups -OCH3 is 1. The molecule has 0 atom stereocenters. The second-order valence-electron chi connectivity index (χ2n) is 5.76. The number of carbonyl (C=O) groups is 3. The molecule has 1 aromatic carbocycles. The summed E-state index contributed by atoms with van der Waals surface area (Å²) < 4.78 is 16.3. The zero-order valence-electron chi connectivity index (χ0n) is 15.2. The van der Waals surface area contributed by atoms with Gasteiger partial charge in [0, 0.05) is 0 Å². The van der Waals surface area contributed by atoms with E-state index < -0.39 is 17.9 Å². The highest BCUT2D eigenvalue weighted by atomic mass is 127. The summed E-state index contributed by atoms with van der Waals surface area (Å²) >= 11 is 2.15. The Kier molecular flexibility index (Phi) is 6.02. The van der Waals surface area contributed by atoms with E-state index in [2.05, 4.69) is 32.6 Å². The van der Waals surface area contributed by atoms with Gasteiger partial charge in [-0.05, 0) is 65.4 Å². The number of hydrogen-bond acceptors (Lipinski definition) is 6. The Labute approximate surface area is 174 Å². The van der Waals surface area contributed by atoms with E-state index in [0.29, 0.717) is 12.4 Å².